The Hall–Kier alpha value is -3.15. The predicted octanol–water partition coefficient (Wildman–Crippen LogP) is 3.74. The van der Waals surface area contributed by atoms with Gasteiger partial charge in [0.1, 0.15) is 11.6 Å². The summed E-state index contributed by atoms with van der Waals surface area (Å²) in [5.74, 6) is 0.120. The van der Waals surface area contributed by atoms with Gasteiger partial charge in [-0.2, -0.15) is 0 Å². The Morgan fingerprint density at radius 1 is 1.22 bits per heavy atom. The number of oxazole rings is 1. The zero-order valence-corrected chi connectivity index (χ0v) is 12.2. The van der Waals surface area contributed by atoms with Gasteiger partial charge in [-0.05, 0) is 42.5 Å². The number of amides is 1. The second-order valence-corrected chi connectivity index (χ2v) is 4.72. The molecular formula is C17H13FN2O3. The van der Waals surface area contributed by atoms with Crippen LogP contribution in [0.25, 0.3) is 11.3 Å². The maximum atomic E-state index is 13.2. The number of aromatic nitrogens is 1. The van der Waals surface area contributed by atoms with Crippen molar-refractivity contribution >= 4 is 11.6 Å². The van der Waals surface area contributed by atoms with Gasteiger partial charge in [0, 0.05) is 11.3 Å². The van der Waals surface area contributed by atoms with Crippen LogP contribution in [-0.4, -0.2) is 18.0 Å². The summed E-state index contributed by atoms with van der Waals surface area (Å²) < 4.78 is 23.6. The summed E-state index contributed by atoms with van der Waals surface area (Å²) in [7, 11) is 1.57. The van der Waals surface area contributed by atoms with Crippen molar-refractivity contribution in [3.8, 4) is 17.1 Å². The van der Waals surface area contributed by atoms with Crippen molar-refractivity contribution in [2.45, 2.75) is 0 Å². The zero-order chi connectivity index (χ0) is 16.2. The van der Waals surface area contributed by atoms with Crippen molar-refractivity contribution in [1.82, 2.24) is 4.98 Å². The van der Waals surface area contributed by atoms with Gasteiger partial charge >= 0.3 is 0 Å². The minimum absolute atomic E-state index is 0.124. The summed E-state index contributed by atoms with van der Waals surface area (Å²) in [6.07, 6.45) is 1.19. The molecule has 0 aliphatic carbocycles. The van der Waals surface area contributed by atoms with Crippen LogP contribution >= 0.6 is 0 Å². The molecular weight excluding hydrogens is 299 g/mol. The van der Waals surface area contributed by atoms with E-state index in [0.717, 1.165) is 0 Å². The Labute approximate surface area is 131 Å². The van der Waals surface area contributed by atoms with Crippen molar-refractivity contribution in [1.29, 1.82) is 0 Å². The number of carbonyl (C=O) groups is 1. The molecule has 5 nitrogen and oxygen atoms in total. The maximum absolute atomic E-state index is 13.2. The van der Waals surface area contributed by atoms with Crippen LogP contribution in [0.4, 0.5) is 10.1 Å². The monoisotopic (exact) mass is 312 g/mol. The molecule has 1 N–H and O–H groups in total. The SMILES string of the molecule is COc1ccc(-c2ocnc2C(=O)Nc2cccc(F)c2)cc1. The van der Waals surface area contributed by atoms with Gasteiger partial charge in [-0.15, -0.1) is 0 Å². The van der Waals surface area contributed by atoms with Crippen molar-refractivity contribution in [2.75, 3.05) is 12.4 Å². The summed E-state index contributed by atoms with van der Waals surface area (Å²) in [5, 5.41) is 2.59. The van der Waals surface area contributed by atoms with Gasteiger partial charge in [-0.3, -0.25) is 4.79 Å². The quantitative estimate of drug-likeness (QED) is 0.797. The Bertz CT molecular complexity index is 828. The van der Waals surface area contributed by atoms with E-state index < -0.39 is 11.7 Å². The molecule has 0 aliphatic heterocycles. The first-order valence-corrected chi connectivity index (χ1v) is 6.82. The van der Waals surface area contributed by atoms with Gasteiger partial charge in [-0.25, -0.2) is 9.37 Å². The third-order valence-corrected chi connectivity index (χ3v) is 3.22. The molecule has 2 aromatic carbocycles. The van der Waals surface area contributed by atoms with E-state index in [4.69, 9.17) is 9.15 Å². The van der Waals surface area contributed by atoms with Gasteiger partial charge in [-0.1, -0.05) is 6.07 Å². The zero-order valence-electron chi connectivity index (χ0n) is 12.2. The molecule has 0 saturated heterocycles. The van der Waals surface area contributed by atoms with E-state index in [1.807, 2.05) is 0 Å². The van der Waals surface area contributed by atoms with Crippen LogP contribution in [0.15, 0.2) is 59.3 Å². The predicted molar refractivity (Wildman–Crippen MR) is 82.8 cm³/mol. The first-order valence-electron chi connectivity index (χ1n) is 6.82. The maximum Gasteiger partial charge on any atom is 0.278 e. The van der Waals surface area contributed by atoms with E-state index in [1.165, 1.54) is 24.6 Å². The summed E-state index contributed by atoms with van der Waals surface area (Å²) in [5.41, 5.74) is 1.16. The lowest BCUT2D eigenvalue weighted by molar-refractivity contribution is 0.102. The minimum Gasteiger partial charge on any atom is -0.497 e. The Morgan fingerprint density at radius 2 is 2.00 bits per heavy atom. The largest absolute Gasteiger partial charge is 0.497 e. The number of methoxy groups -OCH3 is 1. The number of ether oxygens (including phenoxy) is 1. The summed E-state index contributed by atoms with van der Waals surface area (Å²) >= 11 is 0. The highest BCUT2D eigenvalue weighted by Gasteiger charge is 2.18. The fourth-order valence-electron chi connectivity index (χ4n) is 2.11. The lowest BCUT2D eigenvalue weighted by Crippen LogP contribution is -2.13. The molecule has 116 valence electrons. The number of nitrogens with zero attached hydrogens (tertiary/aromatic N) is 1. The number of anilines is 1. The van der Waals surface area contributed by atoms with E-state index in [1.54, 1.807) is 37.4 Å². The number of hydrogen-bond donors (Lipinski definition) is 1. The number of hydrogen-bond acceptors (Lipinski definition) is 4. The second-order valence-electron chi connectivity index (χ2n) is 4.72. The van der Waals surface area contributed by atoms with E-state index in [2.05, 4.69) is 10.3 Å². The highest BCUT2D eigenvalue weighted by Crippen LogP contribution is 2.26. The molecule has 0 aliphatic rings. The fourth-order valence-corrected chi connectivity index (χ4v) is 2.11. The van der Waals surface area contributed by atoms with E-state index in [9.17, 15) is 9.18 Å². The molecule has 0 spiro atoms. The van der Waals surface area contributed by atoms with E-state index in [-0.39, 0.29) is 5.69 Å². The van der Waals surface area contributed by atoms with Gasteiger partial charge in [0.15, 0.2) is 17.8 Å². The van der Waals surface area contributed by atoms with Crippen LogP contribution in [0, 0.1) is 5.82 Å². The molecule has 23 heavy (non-hydrogen) atoms. The number of carbonyl (C=O) groups excluding carboxylic acids is 1. The van der Waals surface area contributed by atoms with Crippen LogP contribution in [-0.2, 0) is 0 Å². The van der Waals surface area contributed by atoms with Crippen molar-refractivity contribution in [2.24, 2.45) is 0 Å². The van der Waals surface area contributed by atoms with E-state index >= 15 is 0 Å². The van der Waals surface area contributed by atoms with Crippen LogP contribution in [0.5, 0.6) is 5.75 Å². The van der Waals surface area contributed by atoms with Gasteiger partial charge < -0.3 is 14.5 Å². The van der Waals surface area contributed by atoms with Crippen molar-refractivity contribution in [3.05, 3.63) is 66.4 Å². The van der Waals surface area contributed by atoms with Crippen molar-refractivity contribution < 1.29 is 18.3 Å². The minimum atomic E-state index is -0.477. The standard InChI is InChI=1S/C17H13FN2O3/c1-22-14-7-5-11(6-8-14)16-15(19-10-23-16)17(21)20-13-4-2-3-12(18)9-13/h2-10H,1H3,(H,20,21). The highest BCUT2D eigenvalue weighted by molar-refractivity contribution is 6.06. The Balaban J connectivity index is 1.86. The van der Waals surface area contributed by atoms with Crippen LogP contribution in [0.1, 0.15) is 10.5 Å². The molecule has 3 rings (SSSR count). The first kappa shape index (κ1) is 14.8. The molecule has 1 amide bonds. The second kappa shape index (κ2) is 6.31. The number of halogens is 1. The molecule has 1 aromatic heterocycles. The summed E-state index contributed by atoms with van der Waals surface area (Å²) in [6.45, 7) is 0. The topological polar surface area (TPSA) is 64.4 Å². The molecule has 0 radical (unpaired) electrons. The number of nitrogens with one attached hydrogen (secondary N) is 1. The van der Waals surface area contributed by atoms with Crippen LogP contribution in [0.2, 0.25) is 0 Å². The molecule has 3 aromatic rings. The molecule has 0 saturated carbocycles. The number of benzene rings is 2. The van der Waals surface area contributed by atoms with Gasteiger partial charge in [0.2, 0.25) is 0 Å². The van der Waals surface area contributed by atoms with Gasteiger partial charge in [0.05, 0.1) is 7.11 Å². The normalized spacial score (nSPS) is 10.3. The lowest BCUT2D eigenvalue weighted by atomic mass is 10.1. The average molecular weight is 312 g/mol. The Morgan fingerprint density at radius 3 is 2.70 bits per heavy atom. The van der Waals surface area contributed by atoms with E-state index in [0.29, 0.717) is 22.8 Å². The van der Waals surface area contributed by atoms with Gasteiger partial charge in [0.25, 0.3) is 5.91 Å². The molecule has 0 bridgehead atoms. The third kappa shape index (κ3) is 3.21. The fraction of sp³-hybridized carbons (Fsp3) is 0.0588. The number of rotatable bonds is 4. The first-order chi connectivity index (χ1) is 11.2. The van der Waals surface area contributed by atoms with Crippen LogP contribution in [0.3, 0.4) is 0 Å². The smallest absolute Gasteiger partial charge is 0.278 e. The summed E-state index contributed by atoms with van der Waals surface area (Å²) in [6, 6.07) is 12.7. The lowest BCUT2D eigenvalue weighted by Gasteiger charge is -2.05. The van der Waals surface area contributed by atoms with Crippen LogP contribution < -0.4 is 10.1 Å². The highest BCUT2D eigenvalue weighted by atomic mass is 19.1. The Kier molecular flexibility index (Phi) is 4.05. The molecule has 0 unspecified atom stereocenters. The molecule has 1 heterocycles. The third-order valence-electron chi connectivity index (χ3n) is 3.22. The molecule has 6 heteroatoms. The molecule has 0 fully saturated rings. The summed E-state index contributed by atoms with van der Waals surface area (Å²) in [4.78, 5) is 16.3. The average Bonchev–Trinajstić information content (AvgIpc) is 3.05. The van der Waals surface area contributed by atoms with Crippen molar-refractivity contribution in [3.63, 3.8) is 0 Å². The molecule has 0 atom stereocenters.